The van der Waals surface area contributed by atoms with Crippen LogP contribution in [0.2, 0.25) is 0 Å². The first-order chi connectivity index (χ1) is 11.7. The van der Waals surface area contributed by atoms with Crippen LogP contribution in [-0.4, -0.2) is 52.1 Å². The summed E-state index contributed by atoms with van der Waals surface area (Å²) < 4.78 is 1.99. The number of aromatic nitrogens is 3. The SMILES string of the molecule is CCNC(=NCC(CCO)CC(C)C)NCCCCn1cnnc1.I. The zero-order valence-corrected chi connectivity index (χ0v) is 18.1. The van der Waals surface area contributed by atoms with Gasteiger partial charge in [-0.3, -0.25) is 4.99 Å². The molecule has 1 rings (SSSR count). The van der Waals surface area contributed by atoms with Gasteiger partial charge in [0.25, 0.3) is 0 Å². The second-order valence-electron chi connectivity index (χ2n) is 6.56. The van der Waals surface area contributed by atoms with Gasteiger partial charge in [0.05, 0.1) is 0 Å². The molecule has 25 heavy (non-hydrogen) atoms. The average Bonchev–Trinajstić information content (AvgIpc) is 3.05. The molecule has 1 heterocycles. The number of aliphatic imine (C=N–C) groups is 1. The minimum Gasteiger partial charge on any atom is -0.396 e. The van der Waals surface area contributed by atoms with Crippen molar-refractivity contribution in [3.05, 3.63) is 12.7 Å². The van der Waals surface area contributed by atoms with E-state index in [0.29, 0.717) is 11.8 Å². The van der Waals surface area contributed by atoms with Crippen molar-refractivity contribution in [1.29, 1.82) is 0 Å². The number of unbranched alkanes of at least 4 members (excludes halogenated alkanes) is 1. The van der Waals surface area contributed by atoms with Crippen LogP contribution in [0, 0.1) is 11.8 Å². The number of rotatable bonds is 12. The molecule has 3 N–H and O–H groups in total. The van der Waals surface area contributed by atoms with Crippen LogP contribution in [0.25, 0.3) is 0 Å². The summed E-state index contributed by atoms with van der Waals surface area (Å²) in [7, 11) is 0. The Kier molecular flexibility index (Phi) is 14.8. The lowest BCUT2D eigenvalue weighted by atomic mass is 9.94. The summed E-state index contributed by atoms with van der Waals surface area (Å²) in [6.07, 6.45) is 7.55. The summed E-state index contributed by atoms with van der Waals surface area (Å²) in [6, 6.07) is 0. The second kappa shape index (κ2) is 15.4. The number of aryl methyl sites for hydroxylation is 1. The van der Waals surface area contributed by atoms with Gasteiger partial charge in [0.2, 0.25) is 0 Å². The molecular formula is C17H35IN6O. The molecule has 8 heteroatoms. The largest absolute Gasteiger partial charge is 0.396 e. The molecule has 146 valence electrons. The molecule has 0 bridgehead atoms. The van der Waals surface area contributed by atoms with Crippen molar-refractivity contribution < 1.29 is 5.11 Å². The van der Waals surface area contributed by atoms with E-state index in [0.717, 1.165) is 57.8 Å². The van der Waals surface area contributed by atoms with Gasteiger partial charge in [0.1, 0.15) is 12.7 Å². The molecule has 7 nitrogen and oxygen atoms in total. The highest BCUT2D eigenvalue weighted by Crippen LogP contribution is 2.15. The van der Waals surface area contributed by atoms with Crippen LogP contribution in [0.1, 0.15) is 46.5 Å². The van der Waals surface area contributed by atoms with Crippen molar-refractivity contribution in [1.82, 2.24) is 25.4 Å². The Morgan fingerprint density at radius 2 is 1.92 bits per heavy atom. The lowest BCUT2D eigenvalue weighted by molar-refractivity contribution is 0.245. The van der Waals surface area contributed by atoms with Crippen molar-refractivity contribution >= 4 is 29.9 Å². The van der Waals surface area contributed by atoms with Gasteiger partial charge in [0.15, 0.2) is 5.96 Å². The Balaban J connectivity index is 0.00000576. The van der Waals surface area contributed by atoms with Crippen molar-refractivity contribution in [3.63, 3.8) is 0 Å². The van der Waals surface area contributed by atoms with Crippen molar-refractivity contribution in [2.24, 2.45) is 16.8 Å². The van der Waals surface area contributed by atoms with E-state index in [9.17, 15) is 5.11 Å². The van der Waals surface area contributed by atoms with E-state index in [-0.39, 0.29) is 30.6 Å². The van der Waals surface area contributed by atoms with Gasteiger partial charge in [-0.2, -0.15) is 0 Å². The molecule has 0 aliphatic carbocycles. The standard InChI is InChI=1S/C17H34N6O.HI/c1-4-18-17(20-12-16(7-10-24)11-15(2)3)19-8-5-6-9-23-13-21-22-14-23;/h13-16,24H,4-12H2,1-3H3,(H2,18,19,20);1H. The van der Waals surface area contributed by atoms with E-state index in [1.54, 1.807) is 12.7 Å². The topological polar surface area (TPSA) is 87.4 Å². The van der Waals surface area contributed by atoms with Crippen LogP contribution in [0.3, 0.4) is 0 Å². The van der Waals surface area contributed by atoms with Crippen LogP contribution in [-0.2, 0) is 6.54 Å². The molecule has 0 amide bonds. The minimum absolute atomic E-state index is 0. The molecule has 1 unspecified atom stereocenters. The summed E-state index contributed by atoms with van der Waals surface area (Å²) in [5, 5.41) is 23.5. The number of aliphatic hydroxyl groups is 1. The third kappa shape index (κ3) is 12.1. The van der Waals surface area contributed by atoms with Crippen LogP contribution in [0.4, 0.5) is 0 Å². The molecule has 0 saturated carbocycles. The van der Waals surface area contributed by atoms with Crippen molar-refractivity contribution in [2.75, 3.05) is 26.2 Å². The van der Waals surface area contributed by atoms with E-state index in [2.05, 4.69) is 41.6 Å². The number of nitrogens with zero attached hydrogens (tertiary/aromatic N) is 4. The van der Waals surface area contributed by atoms with E-state index in [1.807, 2.05) is 4.57 Å². The molecule has 1 aromatic heterocycles. The van der Waals surface area contributed by atoms with Gasteiger partial charge < -0.3 is 20.3 Å². The lowest BCUT2D eigenvalue weighted by Crippen LogP contribution is -2.38. The molecule has 0 radical (unpaired) electrons. The molecule has 0 aliphatic rings. The van der Waals surface area contributed by atoms with Gasteiger partial charge in [-0.15, -0.1) is 34.2 Å². The maximum Gasteiger partial charge on any atom is 0.191 e. The first-order valence-corrected chi connectivity index (χ1v) is 9.11. The number of nitrogens with one attached hydrogen (secondary N) is 2. The normalized spacial score (nSPS) is 12.8. The van der Waals surface area contributed by atoms with Crippen molar-refractivity contribution in [3.8, 4) is 0 Å². The van der Waals surface area contributed by atoms with Crippen molar-refractivity contribution in [2.45, 2.75) is 53.0 Å². The Morgan fingerprint density at radius 3 is 2.52 bits per heavy atom. The Morgan fingerprint density at radius 1 is 1.20 bits per heavy atom. The predicted octanol–water partition coefficient (Wildman–Crippen LogP) is 2.28. The molecule has 1 atom stereocenters. The van der Waals surface area contributed by atoms with Gasteiger partial charge in [-0.05, 0) is 44.4 Å². The average molecular weight is 466 g/mol. The highest BCUT2D eigenvalue weighted by atomic mass is 127. The Labute approximate surface area is 169 Å². The quantitative estimate of drug-likeness (QED) is 0.191. The molecule has 0 aromatic carbocycles. The number of halogens is 1. The summed E-state index contributed by atoms with van der Waals surface area (Å²) in [5.74, 6) is 1.94. The zero-order valence-electron chi connectivity index (χ0n) is 15.8. The number of hydrogen-bond acceptors (Lipinski definition) is 4. The highest BCUT2D eigenvalue weighted by Gasteiger charge is 2.10. The second-order valence-corrected chi connectivity index (χ2v) is 6.56. The summed E-state index contributed by atoms with van der Waals surface area (Å²) in [6.45, 7) is 10.2. The van der Waals surface area contributed by atoms with Gasteiger partial charge >= 0.3 is 0 Å². The van der Waals surface area contributed by atoms with Crippen LogP contribution >= 0.6 is 24.0 Å². The summed E-state index contributed by atoms with van der Waals surface area (Å²) in [4.78, 5) is 4.69. The number of guanidine groups is 1. The zero-order chi connectivity index (χ0) is 17.6. The van der Waals surface area contributed by atoms with E-state index in [1.165, 1.54) is 0 Å². The number of aliphatic hydroxyl groups excluding tert-OH is 1. The fraction of sp³-hybridized carbons (Fsp3) is 0.824. The first-order valence-electron chi connectivity index (χ1n) is 9.11. The van der Waals surface area contributed by atoms with E-state index < -0.39 is 0 Å². The Hall–Kier alpha value is -0.900. The highest BCUT2D eigenvalue weighted by molar-refractivity contribution is 14.0. The third-order valence-electron chi connectivity index (χ3n) is 3.80. The van der Waals surface area contributed by atoms with Crippen LogP contribution in [0.15, 0.2) is 17.6 Å². The molecule has 0 saturated heterocycles. The maximum atomic E-state index is 9.21. The third-order valence-corrected chi connectivity index (χ3v) is 3.80. The summed E-state index contributed by atoms with van der Waals surface area (Å²) >= 11 is 0. The fourth-order valence-corrected chi connectivity index (χ4v) is 2.66. The Bertz CT molecular complexity index is 438. The molecule has 0 spiro atoms. The van der Waals surface area contributed by atoms with Crippen LogP contribution < -0.4 is 10.6 Å². The first kappa shape index (κ1) is 24.1. The van der Waals surface area contributed by atoms with Gasteiger partial charge in [-0.25, -0.2) is 0 Å². The predicted molar refractivity (Wildman–Crippen MR) is 113 cm³/mol. The molecule has 1 aromatic rings. The lowest BCUT2D eigenvalue weighted by Gasteiger charge is -2.17. The van der Waals surface area contributed by atoms with E-state index in [4.69, 9.17) is 4.99 Å². The molecular weight excluding hydrogens is 431 g/mol. The van der Waals surface area contributed by atoms with E-state index >= 15 is 0 Å². The smallest absolute Gasteiger partial charge is 0.191 e. The van der Waals surface area contributed by atoms with Gasteiger partial charge in [0, 0.05) is 32.8 Å². The minimum atomic E-state index is 0. The molecule has 0 fully saturated rings. The van der Waals surface area contributed by atoms with Crippen LogP contribution in [0.5, 0.6) is 0 Å². The molecule has 0 aliphatic heterocycles. The fourth-order valence-electron chi connectivity index (χ4n) is 2.66. The summed E-state index contributed by atoms with van der Waals surface area (Å²) in [5.41, 5.74) is 0. The van der Waals surface area contributed by atoms with Gasteiger partial charge in [-0.1, -0.05) is 13.8 Å². The maximum absolute atomic E-state index is 9.21. The monoisotopic (exact) mass is 466 g/mol. The number of hydrogen-bond donors (Lipinski definition) is 3.